The first kappa shape index (κ1) is 14.6. The number of aromatic nitrogens is 1. The number of amides is 1. The molecular formula is C17H20N2O3. The molecule has 1 heterocycles. The molecule has 0 saturated heterocycles. The maximum absolute atomic E-state index is 12.5. The molecule has 1 aliphatic rings. The van der Waals surface area contributed by atoms with E-state index in [4.69, 9.17) is 9.26 Å². The summed E-state index contributed by atoms with van der Waals surface area (Å²) >= 11 is 0. The van der Waals surface area contributed by atoms with Crippen molar-refractivity contribution in [2.45, 2.75) is 39.0 Å². The average molecular weight is 300 g/mol. The second-order valence-corrected chi connectivity index (χ2v) is 5.38. The van der Waals surface area contributed by atoms with Crippen LogP contribution < -0.4 is 10.1 Å². The lowest BCUT2D eigenvalue weighted by Crippen LogP contribution is -2.15. The summed E-state index contributed by atoms with van der Waals surface area (Å²) < 4.78 is 10.9. The van der Waals surface area contributed by atoms with E-state index in [1.807, 2.05) is 31.2 Å². The maximum Gasteiger partial charge on any atom is 0.278 e. The van der Waals surface area contributed by atoms with E-state index in [1.54, 1.807) is 0 Å². The molecular weight excluding hydrogens is 280 g/mol. The number of nitrogens with one attached hydrogen (secondary N) is 1. The zero-order valence-electron chi connectivity index (χ0n) is 12.7. The van der Waals surface area contributed by atoms with Crippen LogP contribution in [-0.4, -0.2) is 17.7 Å². The van der Waals surface area contributed by atoms with E-state index in [9.17, 15) is 4.79 Å². The third-order valence-electron chi connectivity index (χ3n) is 3.85. The Morgan fingerprint density at radius 2 is 2.09 bits per heavy atom. The summed E-state index contributed by atoms with van der Waals surface area (Å²) in [6, 6.07) is 7.40. The Morgan fingerprint density at radius 3 is 2.95 bits per heavy atom. The zero-order chi connectivity index (χ0) is 15.4. The van der Waals surface area contributed by atoms with Gasteiger partial charge in [0.05, 0.1) is 12.3 Å². The largest absolute Gasteiger partial charge is 0.492 e. The van der Waals surface area contributed by atoms with Gasteiger partial charge in [0.25, 0.3) is 5.91 Å². The molecule has 22 heavy (non-hydrogen) atoms. The quantitative estimate of drug-likeness (QED) is 0.876. The van der Waals surface area contributed by atoms with Crippen molar-refractivity contribution >= 4 is 11.6 Å². The van der Waals surface area contributed by atoms with Gasteiger partial charge >= 0.3 is 0 Å². The number of anilines is 1. The van der Waals surface area contributed by atoms with Crippen LogP contribution in [0.1, 0.15) is 48.0 Å². The van der Waals surface area contributed by atoms with E-state index in [0.29, 0.717) is 23.7 Å². The van der Waals surface area contributed by atoms with Gasteiger partial charge in [0.1, 0.15) is 11.5 Å². The molecule has 116 valence electrons. The number of hydrogen-bond acceptors (Lipinski definition) is 4. The molecule has 0 atom stereocenters. The van der Waals surface area contributed by atoms with Gasteiger partial charge in [-0.15, -0.1) is 0 Å². The number of aryl methyl sites for hydroxylation is 1. The zero-order valence-corrected chi connectivity index (χ0v) is 12.7. The van der Waals surface area contributed by atoms with Crippen LogP contribution in [0.5, 0.6) is 5.75 Å². The number of rotatable bonds is 4. The third kappa shape index (κ3) is 2.98. The molecule has 5 nitrogen and oxygen atoms in total. The molecule has 1 aliphatic carbocycles. The van der Waals surface area contributed by atoms with Crippen molar-refractivity contribution in [3.63, 3.8) is 0 Å². The first-order chi connectivity index (χ1) is 10.8. The van der Waals surface area contributed by atoms with E-state index in [0.717, 1.165) is 37.0 Å². The molecule has 1 aromatic heterocycles. The Kier molecular flexibility index (Phi) is 4.42. The number of nitrogens with zero attached hydrogens (tertiary/aromatic N) is 1. The fourth-order valence-electron chi connectivity index (χ4n) is 2.77. The van der Waals surface area contributed by atoms with Gasteiger partial charge in [0, 0.05) is 12.0 Å². The summed E-state index contributed by atoms with van der Waals surface area (Å²) in [7, 11) is 0. The second kappa shape index (κ2) is 6.64. The SMILES string of the molecule is CCOc1ccccc1NC(=O)c1noc2c1CCCCC2. The molecule has 0 aliphatic heterocycles. The van der Waals surface area contributed by atoms with E-state index < -0.39 is 0 Å². The summed E-state index contributed by atoms with van der Waals surface area (Å²) in [6.07, 6.45) is 5.05. The van der Waals surface area contributed by atoms with Crippen LogP contribution in [0.25, 0.3) is 0 Å². The van der Waals surface area contributed by atoms with Crippen LogP contribution in [-0.2, 0) is 12.8 Å². The van der Waals surface area contributed by atoms with Crippen LogP contribution in [0.2, 0.25) is 0 Å². The average Bonchev–Trinajstić information content (AvgIpc) is 2.78. The first-order valence-electron chi connectivity index (χ1n) is 7.80. The fraction of sp³-hybridized carbons (Fsp3) is 0.412. The molecule has 0 bridgehead atoms. The van der Waals surface area contributed by atoms with Gasteiger partial charge in [-0.05, 0) is 38.3 Å². The highest BCUT2D eigenvalue weighted by molar-refractivity contribution is 6.04. The molecule has 2 aromatic rings. The molecule has 1 N–H and O–H groups in total. The minimum Gasteiger partial charge on any atom is -0.492 e. The number of carbonyl (C=O) groups excluding carboxylic acids is 1. The Balaban J connectivity index is 1.82. The lowest BCUT2D eigenvalue weighted by atomic mass is 10.1. The van der Waals surface area contributed by atoms with E-state index in [-0.39, 0.29) is 5.91 Å². The first-order valence-corrected chi connectivity index (χ1v) is 7.80. The number of ether oxygens (including phenoxy) is 1. The maximum atomic E-state index is 12.5. The Hall–Kier alpha value is -2.30. The van der Waals surface area contributed by atoms with Gasteiger partial charge < -0.3 is 14.6 Å². The van der Waals surface area contributed by atoms with Gasteiger partial charge in [0.2, 0.25) is 0 Å². The van der Waals surface area contributed by atoms with Gasteiger partial charge in [-0.2, -0.15) is 0 Å². The molecule has 1 amide bonds. The topological polar surface area (TPSA) is 64.4 Å². The minimum atomic E-state index is -0.237. The smallest absolute Gasteiger partial charge is 0.278 e. The van der Waals surface area contributed by atoms with E-state index in [2.05, 4.69) is 10.5 Å². The minimum absolute atomic E-state index is 0.237. The van der Waals surface area contributed by atoms with Gasteiger partial charge in [-0.1, -0.05) is 23.7 Å². The van der Waals surface area contributed by atoms with E-state index in [1.165, 1.54) is 6.42 Å². The standard InChI is InChI=1S/C17H20N2O3/c1-2-21-15-11-7-6-9-13(15)18-17(20)16-12-8-4-3-5-10-14(12)22-19-16/h6-7,9,11H,2-5,8,10H2,1H3,(H,18,20). The number of para-hydroxylation sites is 2. The molecule has 1 aromatic carbocycles. The second-order valence-electron chi connectivity index (χ2n) is 5.38. The highest BCUT2D eigenvalue weighted by Gasteiger charge is 2.23. The Bertz CT molecular complexity index is 664. The summed E-state index contributed by atoms with van der Waals surface area (Å²) in [5.41, 5.74) is 2.02. The van der Waals surface area contributed by atoms with Crippen molar-refractivity contribution in [1.82, 2.24) is 5.16 Å². The third-order valence-corrected chi connectivity index (χ3v) is 3.85. The summed E-state index contributed by atoms with van der Waals surface area (Å²) in [6.45, 7) is 2.46. The molecule has 0 fully saturated rings. The molecule has 0 spiro atoms. The number of carbonyl (C=O) groups is 1. The predicted molar refractivity (Wildman–Crippen MR) is 83.3 cm³/mol. The highest BCUT2D eigenvalue weighted by atomic mass is 16.5. The monoisotopic (exact) mass is 300 g/mol. The molecule has 0 radical (unpaired) electrons. The lowest BCUT2D eigenvalue weighted by molar-refractivity contribution is 0.101. The molecule has 5 heteroatoms. The van der Waals surface area contributed by atoms with Crippen LogP contribution >= 0.6 is 0 Å². The fourth-order valence-corrected chi connectivity index (χ4v) is 2.77. The van der Waals surface area contributed by atoms with Crippen molar-refractivity contribution < 1.29 is 14.1 Å². The molecule has 3 rings (SSSR count). The summed E-state index contributed by atoms with van der Waals surface area (Å²) in [5.74, 6) is 1.28. The van der Waals surface area contributed by atoms with Crippen molar-refractivity contribution in [2.75, 3.05) is 11.9 Å². The van der Waals surface area contributed by atoms with Gasteiger partial charge in [-0.25, -0.2) is 0 Å². The van der Waals surface area contributed by atoms with Crippen LogP contribution in [0.3, 0.4) is 0 Å². The molecule has 0 unspecified atom stereocenters. The van der Waals surface area contributed by atoms with Gasteiger partial charge in [-0.3, -0.25) is 4.79 Å². The lowest BCUT2D eigenvalue weighted by Gasteiger charge is -2.10. The highest BCUT2D eigenvalue weighted by Crippen LogP contribution is 2.27. The van der Waals surface area contributed by atoms with Crippen LogP contribution in [0.4, 0.5) is 5.69 Å². The number of hydrogen-bond donors (Lipinski definition) is 1. The van der Waals surface area contributed by atoms with Crippen molar-refractivity contribution in [3.05, 3.63) is 41.3 Å². The number of benzene rings is 1. The Labute approximate surface area is 129 Å². The Morgan fingerprint density at radius 1 is 1.27 bits per heavy atom. The van der Waals surface area contributed by atoms with Gasteiger partial charge in [0.15, 0.2) is 5.69 Å². The molecule has 0 saturated carbocycles. The van der Waals surface area contributed by atoms with E-state index >= 15 is 0 Å². The van der Waals surface area contributed by atoms with Crippen molar-refractivity contribution in [2.24, 2.45) is 0 Å². The summed E-state index contributed by atoms with van der Waals surface area (Å²) in [4.78, 5) is 12.5. The van der Waals surface area contributed by atoms with Crippen molar-refractivity contribution in [3.8, 4) is 5.75 Å². The van der Waals surface area contributed by atoms with Crippen LogP contribution in [0, 0.1) is 0 Å². The normalized spacial score (nSPS) is 14.0. The van der Waals surface area contributed by atoms with Crippen LogP contribution in [0.15, 0.2) is 28.8 Å². The summed E-state index contributed by atoms with van der Waals surface area (Å²) in [5, 5.41) is 6.87. The number of fused-ring (bicyclic) bond motifs is 1. The van der Waals surface area contributed by atoms with Crippen molar-refractivity contribution in [1.29, 1.82) is 0 Å². The predicted octanol–water partition coefficient (Wildman–Crippen LogP) is 3.59.